The second kappa shape index (κ2) is 10.2. The molecule has 0 unspecified atom stereocenters. The Hall–Kier alpha value is -3.92. The van der Waals surface area contributed by atoms with Gasteiger partial charge in [-0.2, -0.15) is 0 Å². The average molecular weight is 500 g/mol. The largest absolute Gasteiger partial charge is 0.446 e. The minimum atomic E-state index is -0.485. The van der Waals surface area contributed by atoms with E-state index in [0.717, 1.165) is 59.8 Å². The molecule has 1 aromatic heterocycles. The van der Waals surface area contributed by atoms with Crippen molar-refractivity contribution < 1.29 is 19.1 Å². The number of aromatic nitrogens is 1. The van der Waals surface area contributed by atoms with E-state index in [0.29, 0.717) is 23.4 Å². The van der Waals surface area contributed by atoms with Crippen LogP contribution < -0.4 is 15.4 Å². The molecule has 1 heterocycles. The van der Waals surface area contributed by atoms with E-state index < -0.39 is 12.2 Å². The number of carbonyl (C=O) groups is 2. The fourth-order valence-corrected chi connectivity index (χ4v) is 4.87. The van der Waals surface area contributed by atoms with Gasteiger partial charge in [-0.3, -0.25) is 5.32 Å². The monoisotopic (exact) mass is 499 g/mol. The summed E-state index contributed by atoms with van der Waals surface area (Å²) in [5.74, 6) is 3.86. The maximum Gasteiger partial charge on any atom is 0.412 e. The Balaban J connectivity index is 1.46. The van der Waals surface area contributed by atoms with Crippen molar-refractivity contribution in [3.05, 3.63) is 48.0 Å². The molecule has 5 rings (SSSR count). The van der Waals surface area contributed by atoms with Crippen molar-refractivity contribution in [2.24, 2.45) is 5.92 Å². The zero-order valence-corrected chi connectivity index (χ0v) is 21.5. The van der Waals surface area contributed by atoms with Gasteiger partial charge in [0.15, 0.2) is 0 Å². The second-order valence-corrected chi connectivity index (χ2v) is 10.3. The standard InChI is InChI=1S/C30H33N3O4/c1-5-25-26-16-15-24(37-29(34)31-18(2)3)17-27(26)33(23-7-6-8-23)28(25)21-11-13-22(14-12-21)32-30(35)36-19(4)20-9-10-20/h1,11-20,23H,6-10H2,2-4H3,(H,31,34)(H,32,35)/t19-/m1/s1. The maximum atomic E-state index is 12.3. The number of benzene rings is 2. The van der Waals surface area contributed by atoms with E-state index in [4.69, 9.17) is 15.9 Å². The third-order valence-electron chi connectivity index (χ3n) is 7.16. The van der Waals surface area contributed by atoms with Gasteiger partial charge in [-0.25, -0.2) is 9.59 Å². The van der Waals surface area contributed by atoms with Crippen LogP contribution in [-0.2, 0) is 4.74 Å². The summed E-state index contributed by atoms with van der Waals surface area (Å²) in [5, 5.41) is 6.52. The molecule has 192 valence electrons. The molecule has 37 heavy (non-hydrogen) atoms. The third kappa shape index (κ3) is 5.29. The molecule has 2 aromatic carbocycles. The van der Waals surface area contributed by atoms with Gasteiger partial charge in [0, 0.05) is 29.2 Å². The Bertz CT molecular complexity index is 1360. The molecule has 0 spiro atoms. The number of ether oxygens (including phenoxy) is 2. The summed E-state index contributed by atoms with van der Waals surface area (Å²) < 4.78 is 13.3. The maximum absolute atomic E-state index is 12.3. The van der Waals surface area contributed by atoms with E-state index >= 15 is 0 Å². The van der Waals surface area contributed by atoms with Crippen LogP contribution in [0.15, 0.2) is 42.5 Å². The molecule has 2 aliphatic carbocycles. The van der Waals surface area contributed by atoms with Crippen molar-refractivity contribution in [3.63, 3.8) is 0 Å². The first-order valence-electron chi connectivity index (χ1n) is 13.0. The van der Waals surface area contributed by atoms with Crippen molar-refractivity contribution in [1.82, 2.24) is 9.88 Å². The first-order chi connectivity index (χ1) is 17.8. The molecule has 3 aromatic rings. The quantitative estimate of drug-likeness (QED) is 0.348. The molecular formula is C30H33N3O4. The van der Waals surface area contributed by atoms with Crippen molar-refractivity contribution in [2.75, 3.05) is 5.32 Å². The molecular weight excluding hydrogens is 466 g/mol. The average Bonchev–Trinajstić information content (AvgIpc) is 3.62. The van der Waals surface area contributed by atoms with Gasteiger partial charge in [-0.1, -0.05) is 18.1 Å². The second-order valence-electron chi connectivity index (χ2n) is 10.3. The zero-order chi connectivity index (χ0) is 26.1. The van der Waals surface area contributed by atoms with E-state index in [-0.39, 0.29) is 12.1 Å². The Labute approximate surface area is 217 Å². The van der Waals surface area contributed by atoms with Crippen LogP contribution in [0.3, 0.4) is 0 Å². The van der Waals surface area contributed by atoms with Crippen LogP contribution in [0, 0.1) is 18.3 Å². The van der Waals surface area contributed by atoms with Crippen molar-refractivity contribution in [3.8, 4) is 29.4 Å². The summed E-state index contributed by atoms with van der Waals surface area (Å²) in [6.07, 6.45) is 10.6. The van der Waals surface area contributed by atoms with Gasteiger partial charge >= 0.3 is 12.2 Å². The Morgan fingerprint density at radius 2 is 1.76 bits per heavy atom. The van der Waals surface area contributed by atoms with Crippen LogP contribution >= 0.6 is 0 Å². The van der Waals surface area contributed by atoms with Gasteiger partial charge in [0.05, 0.1) is 16.8 Å². The number of amides is 2. The van der Waals surface area contributed by atoms with Crippen molar-refractivity contribution in [1.29, 1.82) is 0 Å². The van der Waals surface area contributed by atoms with Gasteiger partial charge in [0.2, 0.25) is 0 Å². The normalized spacial score (nSPS) is 16.1. The Morgan fingerprint density at radius 1 is 1.03 bits per heavy atom. The van der Waals surface area contributed by atoms with Gasteiger partial charge in [0.25, 0.3) is 0 Å². The van der Waals surface area contributed by atoms with Crippen LogP contribution in [0.25, 0.3) is 22.2 Å². The molecule has 0 saturated heterocycles. The topological polar surface area (TPSA) is 81.6 Å². The highest BCUT2D eigenvalue weighted by Gasteiger charge is 2.31. The summed E-state index contributed by atoms with van der Waals surface area (Å²) >= 11 is 0. The minimum Gasteiger partial charge on any atom is -0.446 e. The minimum absolute atomic E-state index is 0.0179. The Morgan fingerprint density at radius 3 is 2.35 bits per heavy atom. The SMILES string of the molecule is C#Cc1c(-c2ccc(NC(=O)O[C@H](C)C3CC3)cc2)n(C2CCC2)c2cc(OC(=O)NC(C)C)ccc12. The molecule has 2 fully saturated rings. The first-order valence-corrected chi connectivity index (χ1v) is 13.0. The fraction of sp³-hybridized carbons (Fsp3) is 0.400. The predicted octanol–water partition coefficient (Wildman–Crippen LogP) is 6.86. The molecule has 2 amide bonds. The van der Waals surface area contributed by atoms with Crippen LogP contribution in [0.4, 0.5) is 15.3 Å². The highest BCUT2D eigenvalue weighted by atomic mass is 16.6. The molecule has 2 aliphatic rings. The molecule has 7 heteroatoms. The number of rotatable bonds is 7. The number of terminal acetylenes is 1. The summed E-state index contributed by atoms with van der Waals surface area (Å²) in [6, 6.07) is 13.6. The van der Waals surface area contributed by atoms with Crippen molar-refractivity contribution >= 4 is 28.8 Å². The first kappa shape index (κ1) is 24.8. The van der Waals surface area contributed by atoms with E-state index in [1.54, 1.807) is 6.07 Å². The van der Waals surface area contributed by atoms with E-state index in [1.165, 1.54) is 0 Å². The van der Waals surface area contributed by atoms with Crippen LogP contribution in [-0.4, -0.2) is 28.9 Å². The van der Waals surface area contributed by atoms with Crippen molar-refractivity contribution in [2.45, 2.75) is 71.1 Å². The van der Waals surface area contributed by atoms with Gasteiger partial charge in [-0.15, -0.1) is 6.42 Å². The number of hydrogen-bond acceptors (Lipinski definition) is 4. The number of hydrogen-bond donors (Lipinski definition) is 2. The van der Waals surface area contributed by atoms with Crippen LogP contribution in [0.1, 0.15) is 64.5 Å². The number of anilines is 1. The smallest absolute Gasteiger partial charge is 0.412 e. The summed E-state index contributed by atoms with van der Waals surface area (Å²) in [7, 11) is 0. The highest BCUT2D eigenvalue weighted by Crippen LogP contribution is 2.43. The van der Waals surface area contributed by atoms with Crippen LogP contribution in [0.5, 0.6) is 5.75 Å². The predicted molar refractivity (Wildman–Crippen MR) is 145 cm³/mol. The molecule has 0 bridgehead atoms. The van der Waals surface area contributed by atoms with E-state index in [1.807, 2.05) is 57.2 Å². The van der Waals surface area contributed by atoms with E-state index in [9.17, 15) is 9.59 Å². The van der Waals surface area contributed by atoms with E-state index in [2.05, 4.69) is 21.1 Å². The molecule has 2 saturated carbocycles. The molecule has 7 nitrogen and oxygen atoms in total. The number of fused-ring (bicyclic) bond motifs is 1. The lowest BCUT2D eigenvalue weighted by atomic mass is 9.92. The van der Waals surface area contributed by atoms with Gasteiger partial charge in [-0.05, 0) is 88.6 Å². The van der Waals surface area contributed by atoms with Gasteiger partial charge < -0.3 is 19.4 Å². The highest BCUT2D eigenvalue weighted by molar-refractivity contribution is 5.96. The van der Waals surface area contributed by atoms with Gasteiger partial charge in [0.1, 0.15) is 11.9 Å². The molecule has 2 N–H and O–H groups in total. The zero-order valence-electron chi connectivity index (χ0n) is 21.5. The Kier molecular flexibility index (Phi) is 6.84. The molecule has 1 atom stereocenters. The molecule has 0 aliphatic heterocycles. The number of nitrogens with zero attached hydrogens (tertiary/aromatic N) is 1. The summed E-state index contributed by atoms with van der Waals surface area (Å²) in [5.41, 5.74) is 4.33. The van der Waals surface area contributed by atoms with Crippen LogP contribution in [0.2, 0.25) is 0 Å². The lowest BCUT2D eigenvalue weighted by Gasteiger charge is -2.30. The lowest BCUT2D eigenvalue weighted by molar-refractivity contribution is 0.108. The third-order valence-corrected chi connectivity index (χ3v) is 7.16. The fourth-order valence-electron chi connectivity index (χ4n) is 4.87. The summed E-state index contributed by atoms with van der Waals surface area (Å²) in [4.78, 5) is 24.5. The summed E-state index contributed by atoms with van der Waals surface area (Å²) in [6.45, 7) is 5.71. The number of carbonyl (C=O) groups excluding carboxylic acids is 2. The lowest BCUT2D eigenvalue weighted by Crippen LogP contribution is -2.32. The number of nitrogens with one attached hydrogen (secondary N) is 2. The molecule has 0 radical (unpaired) electrons.